The number of aromatic nitrogens is 3. The van der Waals surface area contributed by atoms with Crippen LogP contribution in [0.3, 0.4) is 0 Å². The topological polar surface area (TPSA) is 79.8 Å². The first-order valence-corrected chi connectivity index (χ1v) is 8.58. The van der Waals surface area contributed by atoms with Gasteiger partial charge in [-0.25, -0.2) is 4.98 Å². The molecule has 2 heterocycles. The van der Waals surface area contributed by atoms with Gasteiger partial charge in [0.05, 0.1) is 11.8 Å². The second-order valence-electron chi connectivity index (χ2n) is 6.46. The van der Waals surface area contributed by atoms with Gasteiger partial charge in [-0.15, -0.1) is 0 Å². The Morgan fingerprint density at radius 2 is 1.96 bits per heavy atom. The Morgan fingerprint density at radius 1 is 1.15 bits per heavy atom. The minimum absolute atomic E-state index is 0.156. The minimum Gasteiger partial charge on any atom is -0.333 e. The highest BCUT2D eigenvalue weighted by molar-refractivity contribution is 6.05. The van der Waals surface area contributed by atoms with Crippen molar-refractivity contribution in [3.8, 4) is 0 Å². The molecule has 2 aromatic heterocycles. The molecule has 0 unspecified atom stereocenters. The van der Waals surface area contributed by atoms with Crippen molar-refractivity contribution in [1.29, 1.82) is 0 Å². The van der Waals surface area contributed by atoms with E-state index in [1.165, 1.54) is 0 Å². The van der Waals surface area contributed by atoms with Crippen molar-refractivity contribution in [3.05, 3.63) is 94.3 Å². The molecule has 0 fully saturated rings. The summed E-state index contributed by atoms with van der Waals surface area (Å²) < 4.78 is 1.97. The second-order valence-corrected chi connectivity index (χ2v) is 6.46. The molecule has 2 N–H and O–H groups in total. The van der Waals surface area contributed by atoms with Crippen LogP contribution in [-0.4, -0.2) is 20.4 Å². The van der Waals surface area contributed by atoms with Gasteiger partial charge in [-0.3, -0.25) is 9.59 Å². The quantitative estimate of drug-likeness (QED) is 0.587. The number of nitrogens with zero attached hydrogens (tertiary/aromatic N) is 2. The number of H-pyrrole nitrogens is 1. The minimum atomic E-state index is -0.196. The van der Waals surface area contributed by atoms with Gasteiger partial charge in [0.15, 0.2) is 0 Å². The standard InChI is InChI=1S/C21H18N4O2/c1-14-10-20(26)24-19-11-17(6-7-18(14)19)23-21(27)16-4-2-15(3-5-16)12-25-9-8-22-13-25/h2-11,13H,12H2,1H3,(H,23,27)(H,24,26). The van der Waals surface area contributed by atoms with Gasteiger partial charge in [0.25, 0.3) is 5.91 Å². The molecular formula is C21H18N4O2. The first kappa shape index (κ1) is 16.8. The van der Waals surface area contributed by atoms with Gasteiger partial charge in [0.1, 0.15) is 0 Å². The summed E-state index contributed by atoms with van der Waals surface area (Å²) in [6.45, 7) is 2.60. The lowest BCUT2D eigenvalue weighted by molar-refractivity contribution is 0.102. The van der Waals surface area contributed by atoms with Gasteiger partial charge < -0.3 is 14.9 Å². The number of aryl methyl sites for hydroxylation is 1. The summed E-state index contributed by atoms with van der Waals surface area (Å²) in [6, 6.07) is 14.5. The number of hydrogen-bond donors (Lipinski definition) is 2. The fraction of sp³-hybridized carbons (Fsp3) is 0.0952. The largest absolute Gasteiger partial charge is 0.333 e. The third kappa shape index (κ3) is 3.64. The first-order chi connectivity index (χ1) is 13.1. The number of imidazole rings is 1. The number of anilines is 1. The monoisotopic (exact) mass is 358 g/mol. The van der Waals surface area contributed by atoms with E-state index in [2.05, 4.69) is 15.3 Å². The lowest BCUT2D eigenvalue weighted by Gasteiger charge is -2.09. The number of pyridine rings is 1. The van der Waals surface area contributed by atoms with Crippen molar-refractivity contribution in [3.63, 3.8) is 0 Å². The lowest BCUT2D eigenvalue weighted by atomic mass is 10.1. The fourth-order valence-electron chi connectivity index (χ4n) is 3.07. The second kappa shape index (κ2) is 6.92. The summed E-state index contributed by atoms with van der Waals surface area (Å²) in [4.78, 5) is 31.0. The van der Waals surface area contributed by atoms with Gasteiger partial charge in [-0.05, 0) is 42.3 Å². The van der Waals surface area contributed by atoms with Crippen LogP contribution < -0.4 is 10.9 Å². The van der Waals surface area contributed by atoms with E-state index in [-0.39, 0.29) is 11.5 Å². The van der Waals surface area contributed by atoms with Crippen molar-refractivity contribution in [2.45, 2.75) is 13.5 Å². The van der Waals surface area contributed by atoms with E-state index in [1.54, 1.807) is 36.8 Å². The van der Waals surface area contributed by atoms with E-state index >= 15 is 0 Å². The zero-order chi connectivity index (χ0) is 18.8. The van der Waals surface area contributed by atoms with Crippen LogP contribution in [0.5, 0.6) is 0 Å². The maximum absolute atomic E-state index is 12.5. The highest BCUT2D eigenvalue weighted by atomic mass is 16.1. The predicted octanol–water partition coefficient (Wildman–Crippen LogP) is 3.33. The summed E-state index contributed by atoms with van der Waals surface area (Å²) in [5.74, 6) is -0.196. The van der Waals surface area contributed by atoms with Crippen molar-refractivity contribution < 1.29 is 4.79 Å². The highest BCUT2D eigenvalue weighted by Crippen LogP contribution is 2.19. The molecule has 0 atom stereocenters. The molecule has 27 heavy (non-hydrogen) atoms. The summed E-state index contributed by atoms with van der Waals surface area (Å²) >= 11 is 0. The molecule has 0 aliphatic heterocycles. The molecule has 0 saturated carbocycles. The van der Waals surface area contributed by atoms with Crippen molar-refractivity contribution in [2.24, 2.45) is 0 Å². The number of nitrogens with one attached hydrogen (secondary N) is 2. The van der Waals surface area contributed by atoms with Crippen LogP contribution in [0.25, 0.3) is 10.9 Å². The smallest absolute Gasteiger partial charge is 0.255 e. The number of rotatable bonds is 4. The Labute approximate surface area is 155 Å². The Morgan fingerprint density at radius 3 is 2.70 bits per heavy atom. The lowest BCUT2D eigenvalue weighted by Crippen LogP contribution is -2.12. The number of carbonyl (C=O) groups is 1. The van der Waals surface area contributed by atoms with E-state index in [9.17, 15) is 9.59 Å². The molecule has 134 valence electrons. The van der Waals surface area contributed by atoms with Crippen LogP contribution >= 0.6 is 0 Å². The number of carbonyl (C=O) groups excluding carboxylic acids is 1. The maximum atomic E-state index is 12.5. The van der Waals surface area contributed by atoms with Gasteiger partial charge >= 0.3 is 0 Å². The van der Waals surface area contributed by atoms with Crippen LogP contribution in [0.2, 0.25) is 0 Å². The molecule has 6 nitrogen and oxygen atoms in total. The normalized spacial score (nSPS) is 10.9. The Hall–Kier alpha value is -3.67. The van der Waals surface area contributed by atoms with Crippen LogP contribution in [0.1, 0.15) is 21.5 Å². The molecular weight excluding hydrogens is 340 g/mol. The van der Waals surface area contributed by atoms with E-state index < -0.39 is 0 Å². The van der Waals surface area contributed by atoms with E-state index in [4.69, 9.17) is 0 Å². The molecule has 2 aromatic carbocycles. The van der Waals surface area contributed by atoms with E-state index in [1.807, 2.05) is 42.0 Å². The molecule has 0 aliphatic carbocycles. The summed E-state index contributed by atoms with van der Waals surface area (Å²) in [5.41, 5.74) is 3.74. The molecule has 0 saturated heterocycles. The zero-order valence-corrected chi connectivity index (χ0v) is 14.8. The third-order valence-corrected chi connectivity index (χ3v) is 4.45. The van der Waals surface area contributed by atoms with E-state index in [0.717, 1.165) is 16.5 Å². The Balaban J connectivity index is 1.51. The molecule has 0 spiro atoms. The first-order valence-electron chi connectivity index (χ1n) is 8.58. The summed E-state index contributed by atoms with van der Waals surface area (Å²) in [7, 11) is 0. The number of amides is 1. The fourth-order valence-corrected chi connectivity index (χ4v) is 3.07. The van der Waals surface area contributed by atoms with Crippen molar-refractivity contribution in [2.75, 3.05) is 5.32 Å². The molecule has 4 aromatic rings. The van der Waals surface area contributed by atoms with Crippen LogP contribution in [0.15, 0.2) is 72.0 Å². The van der Waals surface area contributed by atoms with Gasteiger partial charge in [0.2, 0.25) is 5.56 Å². The van der Waals surface area contributed by atoms with Crippen LogP contribution in [-0.2, 0) is 6.54 Å². The van der Waals surface area contributed by atoms with Gasteiger partial charge in [-0.1, -0.05) is 18.2 Å². The maximum Gasteiger partial charge on any atom is 0.255 e. The Kier molecular flexibility index (Phi) is 4.30. The van der Waals surface area contributed by atoms with E-state index in [0.29, 0.717) is 23.3 Å². The van der Waals surface area contributed by atoms with Gasteiger partial charge in [-0.2, -0.15) is 0 Å². The van der Waals surface area contributed by atoms with Crippen molar-refractivity contribution in [1.82, 2.24) is 14.5 Å². The zero-order valence-electron chi connectivity index (χ0n) is 14.8. The highest BCUT2D eigenvalue weighted by Gasteiger charge is 2.08. The SMILES string of the molecule is Cc1cc(=O)[nH]c2cc(NC(=O)c3ccc(Cn4ccnc4)cc3)ccc12. The number of aromatic amines is 1. The molecule has 4 rings (SSSR count). The average molecular weight is 358 g/mol. The summed E-state index contributed by atoms with van der Waals surface area (Å²) in [6.07, 6.45) is 5.39. The third-order valence-electron chi connectivity index (χ3n) is 4.45. The van der Waals surface area contributed by atoms with Crippen LogP contribution in [0, 0.1) is 6.92 Å². The van der Waals surface area contributed by atoms with Crippen LogP contribution in [0.4, 0.5) is 5.69 Å². The molecule has 6 heteroatoms. The summed E-state index contributed by atoms with van der Waals surface area (Å²) in [5, 5.41) is 3.83. The Bertz CT molecular complexity index is 1160. The molecule has 0 radical (unpaired) electrons. The number of fused-ring (bicyclic) bond motifs is 1. The number of benzene rings is 2. The van der Waals surface area contributed by atoms with Crippen molar-refractivity contribution >= 4 is 22.5 Å². The molecule has 1 amide bonds. The number of hydrogen-bond acceptors (Lipinski definition) is 3. The molecule has 0 aliphatic rings. The average Bonchev–Trinajstić information content (AvgIpc) is 3.15. The predicted molar refractivity (Wildman–Crippen MR) is 105 cm³/mol. The van der Waals surface area contributed by atoms with Gasteiger partial charge in [0, 0.05) is 41.6 Å². The molecule has 0 bridgehead atoms.